The topological polar surface area (TPSA) is 117 Å². The zero-order valence-corrected chi connectivity index (χ0v) is 28.6. The maximum atomic E-state index is 14.3. The van der Waals surface area contributed by atoms with Gasteiger partial charge in [-0.25, -0.2) is 9.59 Å². The first-order chi connectivity index (χ1) is 24.3. The summed E-state index contributed by atoms with van der Waals surface area (Å²) >= 11 is 12.2. The van der Waals surface area contributed by atoms with E-state index >= 15 is 0 Å². The number of ether oxygens (including phenoxy) is 2. The Kier molecular flexibility index (Phi) is 11.3. The molecule has 0 spiro atoms. The third-order valence-electron chi connectivity index (χ3n) is 8.76. The summed E-state index contributed by atoms with van der Waals surface area (Å²) < 4.78 is 11.7. The smallest absolute Gasteiger partial charge is 0.340 e. The van der Waals surface area contributed by atoms with Gasteiger partial charge in [-0.15, -0.1) is 0 Å². The van der Waals surface area contributed by atoms with Gasteiger partial charge in [-0.3, -0.25) is 9.59 Å². The molecule has 4 amide bonds. The monoisotopic (exact) mass is 714 g/mol. The Morgan fingerprint density at radius 1 is 0.740 bits per heavy atom. The van der Waals surface area contributed by atoms with Gasteiger partial charge in [0.2, 0.25) is 11.8 Å². The average Bonchev–Trinajstić information content (AvgIpc) is 3.81. The first kappa shape index (κ1) is 34.9. The van der Waals surface area contributed by atoms with Gasteiger partial charge in [0.05, 0.1) is 34.0 Å². The van der Waals surface area contributed by atoms with Crippen LogP contribution in [0.5, 0.6) is 0 Å². The lowest BCUT2D eigenvalue weighted by atomic mass is 10.1. The molecular formula is C38H36Cl2N4O6. The zero-order chi connectivity index (χ0) is 35.0. The quantitative estimate of drug-likeness (QED) is 0.168. The molecule has 50 heavy (non-hydrogen) atoms. The zero-order valence-electron chi connectivity index (χ0n) is 27.1. The molecule has 0 radical (unpaired) electrons. The third-order valence-corrected chi connectivity index (χ3v) is 9.50. The Hall–Kier alpha value is -4.90. The minimum Gasteiger partial charge on any atom is -0.457 e. The van der Waals surface area contributed by atoms with Crippen molar-refractivity contribution in [2.75, 3.05) is 23.7 Å². The van der Waals surface area contributed by atoms with Crippen LogP contribution in [-0.2, 0) is 32.3 Å². The Bertz CT molecular complexity index is 1840. The average molecular weight is 716 g/mol. The van der Waals surface area contributed by atoms with Gasteiger partial charge < -0.3 is 29.9 Å². The highest BCUT2D eigenvalue weighted by Gasteiger charge is 2.45. The summed E-state index contributed by atoms with van der Waals surface area (Å²) in [7, 11) is 0. The highest BCUT2D eigenvalue weighted by molar-refractivity contribution is 6.42. The fourth-order valence-electron chi connectivity index (χ4n) is 6.22. The summed E-state index contributed by atoms with van der Waals surface area (Å²) in [5, 5.41) is 6.30. The maximum absolute atomic E-state index is 14.3. The van der Waals surface area contributed by atoms with Gasteiger partial charge in [-0.05, 0) is 54.3 Å². The number of benzene rings is 4. The second-order valence-electron chi connectivity index (χ2n) is 12.2. The number of carbonyl (C=O) groups excluding carboxylic acids is 4. The predicted octanol–water partition coefficient (Wildman–Crippen LogP) is 7.17. The van der Waals surface area contributed by atoms with Crippen molar-refractivity contribution in [3.63, 3.8) is 0 Å². The van der Waals surface area contributed by atoms with Crippen molar-refractivity contribution in [2.24, 2.45) is 0 Å². The van der Waals surface area contributed by atoms with Crippen molar-refractivity contribution in [3.05, 3.63) is 130 Å². The number of hydrogen-bond acceptors (Lipinski definition) is 6. The fraction of sp³-hybridized carbons (Fsp3) is 0.263. The number of nitrogens with zero attached hydrogens (tertiary/aromatic N) is 2. The minimum absolute atomic E-state index is 0.0828. The van der Waals surface area contributed by atoms with Gasteiger partial charge in [-0.2, -0.15) is 0 Å². The molecule has 0 saturated carbocycles. The van der Waals surface area contributed by atoms with E-state index in [2.05, 4.69) is 10.6 Å². The van der Waals surface area contributed by atoms with E-state index in [1.165, 1.54) is 15.9 Å². The van der Waals surface area contributed by atoms with Crippen LogP contribution < -0.4 is 10.6 Å². The molecule has 12 heteroatoms. The SMILES string of the molecule is O=C(OCc1ccccc1)c1ccccc1NC(=O)[C@@H]1CCCN1C(=O)[C@H]1C[C@@H](OCc2ccccc2)CN1C(=O)Nc1ccc(Cl)c(Cl)c1. The second kappa shape index (κ2) is 16.2. The van der Waals surface area contributed by atoms with Gasteiger partial charge in [-0.1, -0.05) is 96.0 Å². The summed E-state index contributed by atoms with van der Waals surface area (Å²) in [4.78, 5) is 57.6. The molecule has 10 nitrogen and oxygen atoms in total. The van der Waals surface area contributed by atoms with Gasteiger partial charge in [0, 0.05) is 25.2 Å². The van der Waals surface area contributed by atoms with Crippen LogP contribution in [0.25, 0.3) is 0 Å². The number of nitrogens with one attached hydrogen (secondary N) is 2. The standard InChI is InChI=1S/C38H36Cl2N4O6/c39-30-18-17-27(20-31(30)40)41-38(48)44-22-28(49-23-25-10-3-1-4-11-25)21-34(44)36(46)43-19-9-16-33(43)35(45)42-32-15-8-7-14-29(32)37(47)50-24-26-12-5-2-6-13-26/h1-8,10-15,17-18,20,28,33-34H,9,16,19,21-24H2,(H,41,48)(H,42,45)/t28-,33+,34-/m1/s1. The summed E-state index contributed by atoms with van der Waals surface area (Å²) in [5.41, 5.74) is 2.71. The summed E-state index contributed by atoms with van der Waals surface area (Å²) in [5.74, 6) is -1.37. The molecule has 4 aromatic rings. The highest BCUT2D eigenvalue weighted by Crippen LogP contribution is 2.30. The number of hydrogen-bond donors (Lipinski definition) is 2. The largest absolute Gasteiger partial charge is 0.457 e. The lowest BCUT2D eigenvalue weighted by Gasteiger charge is -2.31. The number of likely N-dealkylation sites (tertiary alicyclic amines) is 2. The molecular weight excluding hydrogens is 679 g/mol. The number of carbonyl (C=O) groups is 4. The maximum Gasteiger partial charge on any atom is 0.340 e. The van der Waals surface area contributed by atoms with E-state index in [4.69, 9.17) is 32.7 Å². The van der Waals surface area contributed by atoms with Gasteiger partial charge in [0.15, 0.2) is 0 Å². The molecule has 0 aromatic heterocycles. The number of para-hydroxylation sites is 1. The molecule has 0 aliphatic carbocycles. The Morgan fingerprint density at radius 2 is 1.42 bits per heavy atom. The van der Waals surface area contributed by atoms with Crippen molar-refractivity contribution >= 4 is 58.4 Å². The van der Waals surface area contributed by atoms with Crippen molar-refractivity contribution in [1.29, 1.82) is 0 Å². The molecule has 2 aliphatic heterocycles. The number of halogens is 2. The van der Waals surface area contributed by atoms with E-state index in [1.807, 2.05) is 60.7 Å². The van der Waals surface area contributed by atoms with Crippen LogP contribution in [-0.4, -0.2) is 64.9 Å². The van der Waals surface area contributed by atoms with E-state index < -0.39 is 36.1 Å². The lowest BCUT2D eigenvalue weighted by Crippen LogP contribution is -2.52. The number of amides is 4. The summed E-state index contributed by atoms with van der Waals surface area (Å²) in [6.45, 7) is 0.904. The normalized spacial score (nSPS) is 18.5. The van der Waals surface area contributed by atoms with Gasteiger partial charge in [0.25, 0.3) is 0 Å². The molecule has 4 aromatic carbocycles. The lowest BCUT2D eigenvalue weighted by molar-refractivity contribution is -0.139. The summed E-state index contributed by atoms with van der Waals surface area (Å²) in [6, 6.07) is 28.1. The fourth-order valence-corrected chi connectivity index (χ4v) is 6.51. The molecule has 6 rings (SSSR count). The third kappa shape index (κ3) is 8.45. The Labute approximate surface area is 300 Å². The Morgan fingerprint density at radius 3 is 2.14 bits per heavy atom. The van der Waals surface area contributed by atoms with E-state index in [0.717, 1.165) is 11.1 Å². The molecule has 2 fully saturated rings. The molecule has 0 bridgehead atoms. The number of esters is 1. The molecule has 2 aliphatic rings. The Balaban J connectivity index is 1.16. The van der Waals surface area contributed by atoms with Crippen LogP contribution in [0.2, 0.25) is 10.0 Å². The van der Waals surface area contributed by atoms with Crippen LogP contribution in [0.15, 0.2) is 103 Å². The van der Waals surface area contributed by atoms with Crippen LogP contribution >= 0.6 is 23.2 Å². The van der Waals surface area contributed by atoms with E-state index in [9.17, 15) is 19.2 Å². The van der Waals surface area contributed by atoms with Crippen LogP contribution in [0.3, 0.4) is 0 Å². The molecule has 2 N–H and O–H groups in total. The first-order valence-corrected chi connectivity index (χ1v) is 17.1. The van der Waals surface area contributed by atoms with E-state index in [-0.39, 0.29) is 41.8 Å². The van der Waals surface area contributed by atoms with Crippen LogP contribution in [0.4, 0.5) is 16.2 Å². The molecule has 2 saturated heterocycles. The molecule has 2 heterocycles. The van der Waals surface area contributed by atoms with Crippen LogP contribution in [0, 0.1) is 0 Å². The van der Waals surface area contributed by atoms with Gasteiger partial charge >= 0.3 is 12.0 Å². The number of anilines is 2. The van der Waals surface area contributed by atoms with Gasteiger partial charge in [0.1, 0.15) is 18.7 Å². The van der Waals surface area contributed by atoms with Crippen molar-refractivity contribution in [2.45, 2.75) is 50.7 Å². The minimum atomic E-state index is -0.882. The number of rotatable bonds is 10. The molecule has 0 unspecified atom stereocenters. The number of urea groups is 1. The summed E-state index contributed by atoms with van der Waals surface area (Å²) in [6.07, 6.45) is 0.850. The second-order valence-corrected chi connectivity index (χ2v) is 13.0. The first-order valence-electron chi connectivity index (χ1n) is 16.4. The predicted molar refractivity (Wildman–Crippen MR) is 191 cm³/mol. The van der Waals surface area contributed by atoms with Crippen molar-refractivity contribution in [3.8, 4) is 0 Å². The van der Waals surface area contributed by atoms with Crippen molar-refractivity contribution in [1.82, 2.24) is 9.80 Å². The van der Waals surface area contributed by atoms with Crippen molar-refractivity contribution < 1.29 is 28.7 Å². The molecule has 258 valence electrons. The van der Waals surface area contributed by atoms with E-state index in [0.29, 0.717) is 36.7 Å². The molecule has 3 atom stereocenters. The van der Waals surface area contributed by atoms with E-state index in [1.54, 1.807) is 36.4 Å². The van der Waals surface area contributed by atoms with Crippen LogP contribution in [0.1, 0.15) is 40.7 Å². The highest BCUT2D eigenvalue weighted by atomic mass is 35.5.